The van der Waals surface area contributed by atoms with Gasteiger partial charge in [-0.25, -0.2) is 9.59 Å². The van der Waals surface area contributed by atoms with Gasteiger partial charge >= 0.3 is 12.1 Å². The normalized spacial score (nSPS) is 20.1. The van der Waals surface area contributed by atoms with E-state index < -0.39 is 35.2 Å². The first kappa shape index (κ1) is 26.6. The summed E-state index contributed by atoms with van der Waals surface area (Å²) in [5.41, 5.74) is -1.36. The first-order valence-corrected chi connectivity index (χ1v) is 11.7. The van der Waals surface area contributed by atoms with Gasteiger partial charge in [0, 0.05) is 18.2 Å². The van der Waals surface area contributed by atoms with Crippen LogP contribution >= 0.6 is 0 Å². The molecule has 2 amide bonds. The lowest BCUT2D eigenvalue weighted by molar-refractivity contribution is -0.148. The van der Waals surface area contributed by atoms with Gasteiger partial charge in [0.2, 0.25) is 0 Å². The van der Waals surface area contributed by atoms with Crippen molar-refractivity contribution in [2.24, 2.45) is 0 Å². The Bertz CT molecular complexity index is 1110. The van der Waals surface area contributed by atoms with Gasteiger partial charge in [0.15, 0.2) is 0 Å². The van der Waals surface area contributed by atoms with Crippen LogP contribution in [0.2, 0.25) is 0 Å². The van der Waals surface area contributed by atoms with Crippen LogP contribution in [0.1, 0.15) is 49.5 Å². The van der Waals surface area contributed by atoms with Gasteiger partial charge in [0.05, 0.1) is 6.54 Å². The lowest BCUT2D eigenvalue weighted by Gasteiger charge is -2.42. The van der Waals surface area contributed by atoms with Crippen molar-refractivity contribution < 1.29 is 34.1 Å². The molecule has 0 unspecified atom stereocenters. The van der Waals surface area contributed by atoms with Crippen LogP contribution < -0.4 is 5.32 Å². The predicted molar refractivity (Wildman–Crippen MR) is 132 cm³/mol. The number of carbonyl (C=O) groups is 3. The Morgan fingerprint density at radius 3 is 2.19 bits per heavy atom. The summed E-state index contributed by atoms with van der Waals surface area (Å²) in [6, 6.07) is 11.8. The number of benzene rings is 2. The third kappa shape index (κ3) is 6.35. The Balaban J connectivity index is 2.13. The van der Waals surface area contributed by atoms with E-state index in [-0.39, 0.29) is 23.6 Å². The highest BCUT2D eigenvalue weighted by molar-refractivity contribution is 5.95. The van der Waals surface area contributed by atoms with E-state index >= 15 is 0 Å². The summed E-state index contributed by atoms with van der Waals surface area (Å²) < 4.78 is 11.4. The van der Waals surface area contributed by atoms with Gasteiger partial charge in [-0.2, -0.15) is 0 Å². The fourth-order valence-corrected chi connectivity index (χ4v) is 4.14. The summed E-state index contributed by atoms with van der Waals surface area (Å²) in [4.78, 5) is 40.4. The molecule has 0 aromatic heterocycles. The number of phenolic OH excluding ortho intramolecular Hbond substituents is 2. The number of hydrogen-bond acceptors (Lipinski definition) is 7. The molecule has 0 aliphatic carbocycles. The maximum Gasteiger partial charge on any atom is 0.410 e. The second-order valence-corrected chi connectivity index (χ2v) is 9.69. The van der Waals surface area contributed by atoms with Gasteiger partial charge in [-0.3, -0.25) is 4.79 Å². The Hall–Kier alpha value is -4.01. The molecule has 9 nitrogen and oxygen atoms in total. The average Bonchev–Trinajstić information content (AvgIpc) is 2.99. The zero-order valence-electron chi connectivity index (χ0n) is 20.7. The Morgan fingerprint density at radius 1 is 1.06 bits per heavy atom. The van der Waals surface area contributed by atoms with E-state index in [1.165, 1.54) is 41.3 Å². The Morgan fingerprint density at radius 2 is 1.64 bits per heavy atom. The fourth-order valence-electron chi connectivity index (χ4n) is 4.14. The molecule has 0 saturated carbocycles. The lowest BCUT2D eigenvalue weighted by atomic mass is 9.82. The number of carbonyl (C=O) groups excluding carboxylic acids is 3. The number of esters is 1. The SMILES string of the molecule is C=CC(=O)O[C@@H]1CCCN(C(=O)OC(C)(C)C)C[C@]1(NC(=O)c1ccc(O)cc1)c1ccc(O)cc1. The van der Waals surface area contributed by atoms with E-state index in [0.29, 0.717) is 24.9 Å². The van der Waals surface area contributed by atoms with Crippen molar-refractivity contribution >= 4 is 18.0 Å². The number of likely N-dealkylation sites (tertiary alicyclic amines) is 1. The standard InChI is InChI=1S/C27H32N2O7/c1-5-23(32)35-22-7-6-16-29(25(34)36-26(2,3)4)17-27(22,19-10-14-21(31)15-11-19)28-24(33)18-8-12-20(30)13-9-18/h5,8-15,22,30-31H,1,6-7,16-17H2,2-4H3,(H,28,33)/t22-,27+/m1/s1. The number of nitrogens with one attached hydrogen (secondary N) is 1. The highest BCUT2D eigenvalue weighted by Gasteiger charge is 2.48. The second-order valence-electron chi connectivity index (χ2n) is 9.69. The largest absolute Gasteiger partial charge is 0.508 e. The maximum absolute atomic E-state index is 13.5. The molecule has 9 heteroatoms. The fraction of sp³-hybridized carbons (Fsp3) is 0.370. The molecule has 192 valence electrons. The summed E-state index contributed by atoms with van der Waals surface area (Å²) in [6.07, 6.45) is 0.403. The van der Waals surface area contributed by atoms with E-state index in [4.69, 9.17) is 9.47 Å². The second kappa shape index (κ2) is 10.7. The molecule has 3 N–H and O–H groups in total. The molecular formula is C27H32N2O7. The van der Waals surface area contributed by atoms with Crippen molar-refractivity contribution in [2.45, 2.75) is 50.9 Å². The van der Waals surface area contributed by atoms with Crippen LogP contribution in [0.3, 0.4) is 0 Å². The van der Waals surface area contributed by atoms with Crippen LogP contribution in [0.25, 0.3) is 0 Å². The number of rotatable bonds is 5. The van der Waals surface area contributed by atoms with E-state index in [9.17, 15) is 24.6 Å². The molecule has 2 atom stereocenters. The number of ether oxygens (including phenoxy) is 2. The van der Waals surface area contributed by atoms with E-state index in [1.54, 1.807) is 32.9 Å². The van der Waals surface area contributed by atoms with Crippen LogP contribution in [0.5, 0.6) is 11.5 Å². The molecule has 0 radical (unpaired) electrons. The van der Waals surface area contributed by atoms with Gasteiger partial charge in [0.25, 0.3) is 5.91 Å². The molecule has 36 heavy (non-hydrogen) atoms. The zero-order valence-corrected chi connectivity index (χ0v) is 20.7. The van der Waals surface area contributed by atoms with Crippen LogP contribution in [0.4, 0.5) is 4.79 Å². The molecule has 3 rings (SSSR count). The van der Waals surface area contributed by atoms with Gasteiger partial charge in [-0.1, -0.05) is 18.7 Å². The highest BCUT2D eigenvalue weighted by Crippen LogP contribution is 2.36. The number of phenols is 2. The van der Waals surface area contributed by atoms with Crippen LogP contribution in [0.15, 0.2) is 61.2 Å². The van der Waals surface area contributed by atoms with Crippen LogP contribution in [0, 0.1) is 0 Å². The maximum atomic E-state index is 13.5. The van der Waals surface area contributed by atoms with Gasteiger partial charge in [-0.05, 0) is 75.6 Å². The molecule has 0 bridgehead atoms. The van der Waals surface area contributed by atoms with Gasteiger partial charge in [-0.15, -0.1) is 0 Å². The number of hydrogen-bond donors (Lipinski definition) is 3. The molecule has 2 aromatic rings. The van der Waals surface area contributed by atoms with Gasteiger partial charge in [0.1, 0.15) is 28.7 Å². The lowest BCUT2D eigenvalue weighted by Crippen LogP contribution is -2.60. The number of aromatic hydroxyl groups is 2. The third-order valence-corrected chi connectivity index (χ3v) is 5.81. The van der Waals surface area contributed by atoms with E-state index in [1.807, 2.05) is 0 Å². The summed E-state index contributed by atoms with van der Waals surface area (Å²) in [7, 11) is 0. The summed E-state index contributed by atoms with van der Waals surface area (Å²) >= 11 is 0. The third-order valence-electron chi connectivity index (χ3n) is 5.81. The van der Waals surface area contributed by atoms with Crippen molar-refractivity contribution in [1.82, 2.24) is 10.2 Å². The van der Waals surface area contributed by atoms with E-state index in [2.05, 4.69) is 11.9 Å². The first-order chi connectivity index (χ1) is 16.9. The van der Waals surface area contributed by atoms with Crippen LogP contribution in [-0.2, 0) is 19.8 Å². The minimum Gasteiger partial charge on any atom is -0.508 e. The molecule has 1 fully saturated rings. The molecule has 2 aromatic carbocycles. The molecule has 0 spiro atoms. The molecule has 1 heterocycles. The molecule has 1 saturated heterocycles. The average molecular weight is 497 g/mol. The monoisotopic (exact) mass is 496 g/mol. The molecule has 1 aliphatic rings. The van der Waals surface area contributed by atoms with Crippen molar-refractivity contribution in [3.8, 4) is 11.5 Å². The van der Waals surface area contributed by atoms with Crippen molar-refractivity contribution in [1.29, 1.82) is 0 Å². The summed E-state index contributed by atoms with van der Waals surface area (Å²) in [5.74, 6) is -1.17. The Kier molecular flexibility index (Phi) is 7.92. The smallest absolute Gasteiger partial charge is 0.410 e. The summed E-state index contributed by atoms with van der Waals surface area (Å²) in [5, 5.41) is 22.5. The van der Waals surface area contributed by atoms with Crippen molar-refractivity contribution in [3.05, 3.63) is 72.3 Å². The van der Waals surface area contributed by atoms with Crippen molar-refractivity contribution in [3.63, 3.8) is 0 Å². The number of amides is 2. The highest BCUT2D eigenvalue weighted by atomic mass is 16.6. The first-order valence-electron chi connectivity index (χ1n) is 11.7. The topological polar surface area (TPSA) is 125 Å². The van der Waals surface area contributed by atoms with E-state index in [0.717, 1.165) is 6.08 Å². The minimum atomic E-state index is -1.39. The molecular weight excluding hydrogens is 464 g/mol. The predicted octanol–water partition coefficient (Wildman–Crippen LogP) is 3.85. The van der Waals surface area contributed by atoms with Crippen LogP contribution in [-0.4, -0.2) is 57.9 Å². The zero-order chi connectivity index (χ0) is 26.5. The van der Waals surface area contributed by atoms with Crippen molar-refractivity contribution in [2.75, 3.05) is 13.1 Å². The minimum absolute atomic E-state index is 0.00292. The molecule has 1 aliphatic heterocycles. The number of nitrogens with zero attached hydrogens (tertiary/aromatic N) is 1. The summed E-state index contributed by atoms with van der Waals surface area (Å²) in [6.45, 7) is 9.01. The Labute approximate surface area is 210 Å². The quantitative estimate of drug-likeness (QED) is 0.424. The van der Waals surface area contributed by atoms with Gasteiger partial charge < -0.3 is 29.9 Å².